The monoisotopic (exact) mass is 1060 g/mol. The van der Waals surface area contributed by atoms with Crippen LogP contribution >= 0.6 is 0 Å². The minimum atomic E-state index is -0.773. The number of esters is 3. The third kappa shape index (κ3) is 62.0. The first-order valence-electron chi connectivity index (χ1n) is 33.3. The second-order valence-electron chi connectivity index (χ2n) is 22.4. The summed E-state index contributed by atoms with van der Waals surface area (Å²) in [4.78, 5) is 38.0. The Labute approximate surface area is 472 Å². The zero-order valence-electron chi connectivity index (χ0n) is 50.8. The molecule has 0 saturated heterocycles. The Balaban J connectivity index is 4.02. The number of carbonyl (C=O) groups excluding carboxylic acids is 3. The topological polar surface area (TPSA) is 78.9 Å². The maximum Gasteiger partial charge on any atom is 0.306 e. The second kappa shape index (κ2) is 64.6. The van der Waals surface area contributed by atoms with Crippen molar-refractivity contribution in [1.29, 1.82) is 0 Å². The van der Waals surface area contributed by atoms with Gasteiger partial charge in [0.2, 0.25) is 0 Å². The van der Waals surface area contributed by atoms with E-state index in [0.717, 1.165) is 83.5 Å². The van der Waals surface area contributed by atoms with Gasteiger partial charge in [-0.15, -0.1) is 0 Å². The molecule has 0 aliphatic carbocycles. The van der Waals surface area contributed by atoms with Crippen LogP contribution in [0.1, 0.15) is 348 Å². The molecule has 0 bridgehead atoms. The Bertz CT molecular complexity index is 1360. The van der Waals surface area contributed by atoms with Crippen molar-refractivity contribution in [3.8, 4) is 0 Å². The van der Waals surface area contributed by atoms with Crippen molar-refractivity contribution in [2.24, 2.45) is 0 Å². The van der Waals surface area contributed by atoms with Gasteiger partial charge >= 0.3 is 17.9 Å². The van der Waals surface area contributed by atoms with E-state index >= 15 is 0 Å². The highest BCUT2D eigenvalue weighted by Crippen LogP contribution is 2.17. The molecular formula is C70H126O6. The van der Waals surface area contributed by atoms with Gasteiger partial charge in [-0.1, -0.05) is 306 Å². The molecule has 0 N–H and O–H groups in total. The molecule has 0 radical (unpaired) electrons. The zero-order valence-corrected chi connectivity index (χ0v) is 50.8. The van der Waals surface area contributed by atoms with E-state index in [9.17, 15) is 14.4 Å². The molecule has 0 aromatic rings. The summed E-state index contributed by atoms with van der Waals surface area (Å²) in [6, 6.07) is 0. The summed E-state index contributed by atoms with van der Waals surface area (Å²) in [6.07, 6.45) is 82.8. The molecular weight excluding hydrogens is 937 g/mol. The van der Waals surface area contributed by atoms with Crippen LogP contribution in [-0.2, 0) is 28.6 Å². The molecule has 0 heterocycles. The Hall–Kier alpha value is -2.89. The molecule has 76 heavy (non-hydrogen) atoms. The molecule has 0 amide bonds. The van der Waals surface area contributed by atoms with Crippen LogP contribution < -0.4 is 0 Å². The molecule has 442 valence electrons. The number of rotatable bonds is 61. The van der Waals surface area contributed by atoms with Gasteiger partial charge in [0.15, 0.2) is 6.10 Å². The van der Waals surface area contributed by atoms with Crippen molar-refractivity contribution in [2.45, 2.75) is 354 Å². The first kappa shape index (κ1) is 73.1. The van der Waals surface area contributed by atoms with E-state index in [2.05, 4.69) is 81.5 Å². The molecule has 6 nitrogen and oxygen atoms in total. The summed E-state index contributed by atoms with van der Waals surface area (Å²) >= 11 is 0. The highest BCUT2D eigenvalue weighted by Gasteiger charge is 2.19. The minimum Gasteiger partial charge on any atom is -0.462 e. The van der Waals surface area contributed by atoms with E-state index in [0.29, 0.717) is 19.3 Å². The van der Waals surface area contributed by atoms with Crippen molar-refractivity contribution in [3.63, 3.8) is 0 Å². The molecule has 0 fully saturated rings. The number of carbonyl (C=O) groups is 3. The van der Waals surface area contributed by atoms with Crippen LogP contribution in [0, 0.1) is 0 Å². The molecule has 0 spiro atoms. The number of ether oxygens (including phenoxy) is 3. The molecule has 0 aliphatic heterocycles. The van der Waals surface area contributed by atoms with Gasteiger partial charge in [0, 0.05) is 19.3 Å². The third-order valence-corrected chi connectivity index (χ3v) is 14.8. The molecule has 1 unspecified atom stereocenters. The van der Waals surface area contributed by atoms with Crippen molar-refractivity contribution < 1.29 is 28.6 Å². The zero-order chi connectivity index (χ0) is 55.0. The SMILES string of the molecule is CC/C=C\C/C=C\C/C=C\C/C=C\CCCCCCCCCCCCC(=O)OC(COC(=O)CCCCCCCC)COC(=O)CCCCCCCCCCCCCCCCCCC/C=C\CCCCCCCCCC. The lowest BCUT2D eigenvalue weighted by atomic mass is 10.0. The maximum absolute atomic E-state index is 12.9. The van der Waals surface area contributed by atoms with Gasteiger partial charge in [0.25, 0.3) is 0 Å². The molecule has 0 aromatic heterocycles. The predicted octanol–water partition coefficient (Wildman–Crippen LogP) is 22.7. The van der Waals surface area contributed by atoms with Crippen LogP contribution in [0.5, 0.6) is 0 Å². The van der Waals surface area contributed by atoms with Gasteiger partial charge in [-0.05, 0) is 83.5 Å². The average Bonchev–Trinajstić information content (AvgIpc) is 3.42. The first-order valence-corrected chi connectivity index (χ1v) is 33.3. The average molecular weight is 1060 g/mol. The van der Waals surface area contributed by atoms with Crippen LogP contribution in [0.15, 0.2) is 60.8 Å². The molecule has 0 saturated carbocycles. The Morgan fingerprint density at radius 1 is 0.276 bits per heavy atom. The Kier molecular flexibility index (Phi) is 62.2. The van der Waals surface area contributed by atoms with Gasteiger partial charge in [0.05, 0.1) is 0 Å². The van der Waals surface area contributed by atoms with Gasteiger partial charge in [-0.2, -0.15) is 0 Å². The van der Waals surface area contributed by atoms with E-state index in [-0.39, 0.29) is 31.1 Å². The van der Waals surface area contributed by atoms with Crippen LogP contribution in [0.3, 0.4) is 0 Å². The number of allylic oxidation sites excluding steroid dienone is 10. The fourth-order valence-corrected chi connectivity index (χ4v) is 9.79. The van der Waals surface area contributed by atoms with Crippen molar-refractivity contribution in [1.82, 2.24) is 0 Å². The Morgan fingerprint density at radius 3 is 0.816 bits per heavy atom. The number of hydrogen-bond donors (Lipinski definition) is 0. The summed E-state index contributed by atoms with van der Waals surface area (Å²) in [6.45, 7) is 6.51. The van der Waals surface area contributed by atoms with Crippen LogP contribution in [0.2, 0.25) is 0 Å². The lowest BCUT2D eigenvalue weighted by Crippen LogP contribution is -2.30. The lowest BCUT2D eigenvalue weighted by Gasteiger charge is -2.18. The highest BCUT2D eigenvalue weighted by molar-refractivity contribution is 5.71. The third-order valence-electron chi connectivity index (χ3n) is 14.8. The Morgan fingerprint density at radius 2 is 0.513 bits per heavy atom. The van der Waals surface area contributed by atoms with Gasteiger partial charge in [-0.3, -0.25) is 14.4 Å². The maximum atomic E-state index is 12.9. The predicted molar refractivity (Wildman–Crippen MR) is 330 cm³/mol. The normalized spacial score (nSPS) is 12.4. The summed E-state index contributed by atoms with van der Waals surface area (Å²) in [5.74, 6) is -0.870. The lowest BCUT2D eigenvalue weighted by molar-refractivity contribution is -0.167. The quantitative estimate of drug-likeness (QED) is 0.0261. The van der Waals surface area contributed by atoms with Crippen molar-refractivity contribution in [3.05, 3.63) is 60.8 Å². The van der Waals surface area contributed by atoms with Crippen LogP contribution in [-0.4, -0.2) is 37.2 Å². The summed E-state index contributed by atoms with van der Waals surface area (Å²) in [7, 11) is 0. The first-order chi connectivity index (χ1) is 37.5. The van der Waals surface area contributed by atoms with E-state index in [4.69, 9.17) is 14.2 Å². The van der Waals surface area contributed by atoms with Gasteiger partial charge < -0.3 is 14.2 Å². The fraction of sp³-hybridized carbons (Fsp3) is 0.814. The largest absolute Gasteiger partial charge is 0.462 e. The standard InChI is InChI=1S/C70H126O6/c1-4-7-10-13-16-18-20-22-24-26-28-30-32-33-34-35-36-37-39-40-42-44-46-48-50-52-54-57-60-63-69(72)75-66-67(65-74-68(71)62-59-56-15-12-9-6-3)76-70(73)64-61-58-55-53-51-49-47-45-43-41-38-31-29-27-25-23-21-19-17-14-11-8-5-2/h8,11,17,19,23,25-26,28-29,31,67H,4-7,9-10,12-16,18,20-22,24,27,30,32-66H2,1-3H3/b11-8-,19-17-,25-23-,28-26-,31-29-. The fourth-order valence-electron chi connectivity index (χ4n) is 9.79. The van der Waals surface area contributed by atoms with Gasteiger partial charge in [0.1, 0.15) is 13.2 Å². The molecule has 6 heteroatoms. The van der Waals surface area contributed by atoms with E-state index in [1.165, 1.54) is 225 Å². The van der Waals surface area contributed by atoms with E-state index in [1.807, 2.05) is 0 Å². The van der Waals surface area contributed by atoms with Crippen LogP contribution in [0.4, 0.5) is 0 Å². The van der Waals surface area contributed by atoms with E-state index < -0.39 is 6.10 Å². The second-order valence-corrected chi connectivity index (χ2v) is 22.4. The summed E-state index contributed by atoms with van der Waals surface area (Å²) in [5, 5.41) is 0. The van der Waals surface area contributed by atoms with Crippen molar-refractivity contribution >= 4 is 17.9 Å². The summed E-state index contributed by atoms with van der Waals surface area (Å²) < 4.78 is 16.8. The molecule has 0 aromatic carbocycles. The number of hydrogen-bond acceptors (Lipinski definition) is 6. The smallest absolute Gasteiger partial charge is 0.306 e. The number of unbranched alkanes of at least 4 members (excludes halogenated alkanes) is 40. The van der Waals surface area contributed by atoms with Crippen LogP contribution in [0.25, 0.3) is 0 Å². The van der Waals surface area contributed by atoms with Gasteiger partial charge in [-0.25, -0.2) is 0 Å². The highest BCUT2D eigenvalue weighted by atomic mass is 16.6. The van der Waals surface area contributed by atoms with Crippen molar-refractivity contribution in [2.75, 3.05) is 13.2 Å². The summed E-state index contributed by atoms with van der Waals surface area (Å²) in [5.41, 5.74) is 0. The molecule has 0 rings (SSSR count). The van der Waals surface area contributed by atoms with E-state index in [1.54, 1.807) is 0 Å². The minimum absolute atomic E-state index is 0.0724. The molecule has 0 aliphatic rings. The molecule has 1 atom stereocenters.